The molecule has 0 saturated heterocycles. The minimum Gasteiger partial charge on any atom is -0.462 e. The first kappa shape index (κ1) is 23.7. The fourth-order valence-corrected chi connectivity index (χ4v) is 2.94. The molecule has 0 fully saturated rings. The van der Waals surface area contributed by atoms with Crippen LogP contribution >= 0.6 is 0 Å². The molecule has 0 aromatic heterocycles. The number of nitrogens with one attached hydrogen (secondary N) is 1. The lowest BCUT2D eigenvalue weighted by atomic mass is 10.1. The molecule has 0 radical (unpaired) electrons. The summed E-state index contributed by atoms with van der Waals surface area (Å²) < 4.78 is 68.7. The smallest absolute Gasteiger partial charge is 0.462 e. The Bertz CT molecular complexity index is 929. The number of rotatable bonds is 9. The van der Waals surface area contributed by atoms with Gasteiger partial charge < -0.3 is 14.2 Å². The van der Waals surface area contributed by atoms with E-state index in [1.54, 1.807) is 13.8 Å². The van der Waals surface area contributed by atoms with Crippen LogP contribution in [0.4, 0.5) is 13.2 Å². The predicted molar refractivity (Wildman–Crippen MR) is 104 cm³/mol. The van der Waals surface area contributed by atoms with Crippen LogP contribution in [0.1, 0.15) is 25.0 Å². The number of hydrogen-bond donors (Lipinski definition) is 1. The molecule has 2 rings (SSSR count). The van der Waals surface area contributed by atoms with Crippen LogP contribution in [0.3, 0.4) is 0 Å². The highest BCUT2D eigenvalue weighted by Crippen LogP contribution is 2.27. The van der Waals surface area contributed by atoms with Crippen molar-refractivity contribution in [3.8, 4) is 5.75 Å². The third kappa shape index (κ3) is 7.03. The standard InChI is InChI=1S/C20H22F3NO5S/c1-14(2)28-19(25)18(24-13-16-6-4-3-5-7-16)12-15-8-10-17(11-9-15)29-30(26,27)20(21,22)23/h3-11,14,18,24H,12-13H2,1-2H3/t18-/m0/s1. The second-order valence-electron chi connectivity index (χ2n) is 6.74. The number of carbonyl (C=O) groups excluding carboxylic acids is 1. The molecule has 0 heterocycles. The van der Waals surface area contributed by atoms with E-state index in [0.29, 0.717) is 12.1 Å². The zero-order valence-corrected chi connectivity index (χ0v) is 17.2. The van der Waals surface area contributed by atoms with Crippen molar-refractivity contribution in [1.82, 2.24) is 5.32 Å². The van der Waals surface area contributed by atoms with E-state index in [1.165, 1.54) is 12.1 Å². The molecular formula is C20H22F3NO5S. The molecule has 2 aromatic rings. The van der Waals surface area contributed by atoms with Crippen LogP contribution in [0.5, 0.6) is 5.75 Å². The Morgan fingerprint density at radius 2 is 1.60 bits per heavy atom. The minimum atomic E-state index is -5.74. The van der Waals surface area contributed by atoms with Gasteiger partial charge in [0.2, 0.25) is 0 Å². The van der Waals surface area contributed by atoms with E-state index in [4.69, 9.17) is 4.74 Å². The van der Waals surface area contributed by atoms with Gasteiger partial charge in [-0.15, -0.1) is 0 Å². The summed E-state index contributed by atoms with van der Waals surface area (Å²) in [5.74, 6) is -0.949. The molecule has 30 heavy (non-hydrogen) atoms. The summed E-state index contributed by atoms with van der Waals surface area (Å²) >= 11 is 0. The van der Waals surface area contributed by atoms with Gasteiger partial charge >= 0.3 is 21.6 Å². The minimum absolute atomic E-state index is 0.185. The maximum absolute atomic E-state index is 12.4. The molecule has 164 valence electrons. The van der Waals surface area contributed by atoms with Crippen LogP contribution < -0.4 is 9.50 Å². The van der Waals surface area contributed by atoms with Gasteiger partial charge in [-0.25, -0.2) is 0 Å². The lowest BCUT2D eigenvalue weighted by Gasteiger charge is -2.19. The lowest BCUT2D eigenvalue weighted by Crippen LogP contribution is -2.40. The number of carbonyl (C=O) groups is 1. The summed E-state index contributed by atoms with van der Waals surface area (Å²) in [6.45, 7) is 3.85. The molecule has 10 heteroatoms. The molecule has 0 amide bonds. The molecule has 0 spiro atoms. The summed E-state index contributed by atoms with van der Waals surface area (Å²) in [6.07, 6.45) is -0.133. The number of alkyl halides is 3. The number of halogens is 3. The van der Waals surface area contributed by atoms with Crippen LogP contribution in [0.15, 0.2) is 54.6 Å². The van der Waals surface area contributed by atoms with Crippen LogP contribution in [0, 0.1) is 0 Å². The maximum Gasteiger partial charge on any atom is 0.534 e. The third-order valence-corrected chi connectivity index (χ3v) is 4.86. The average Bonchev–Trinajstić information content (AvgIpc) is 2.65. The van der Waals surface area contributed by atoms with E-state index >= 15 is 0 Å². The first-order chi connectivity index (χ1) is 14.0. The second-order valence-corrected chi connectivity index (χ2v) is 8.27. The van der Waals surface area contributed by atoms with Crippen molar-refractivity contribution < 1.29 is 35.3 Å². The summed E-state index contributed by atoms with van der Waals surface area (Å²) in [6, 6.07) is 13.7. The van der Waals surface area contributed by atoms with Gasteiger partial charge in [0.05, 0.1) is 6.10 Å². The Kier molecular flexibility index (Phi) is 7.85. The average molecular weight is 445 g/mol. The summed E-state index contributed by atoms with van der Waals surface area (Å²) in [7, 11) is -5.74. The zero-order valence-electron chi connectivity index (χ0n) is 16.3. The van der Waals surface area contributed by atoms with E-state index in [1.807, 2.05) is 30.3 Å². The van der Waals surface area contributed by atoms with Crippen molar-refractivity contribution in [2.24, 2.45) is 0 Å². The van der Waals surface area contributed by atoms with Gasteiger partial charge in [0, 0.05) is 6.54 Å². The van der Waals surface area contributed by atoms with Gasteiger partial charge in [-0.1, -0.05) is 42.5 Å². The Hall–Kier alpha value is -2.59. The third-order valence-electron chi connectivity index (χ3n) is 3.88. The zero-order chi connectivity index (χ0) is 22.4. The lowest BCUT2D eigenvalue weighted by molar-refractivity contribution is -0.150. The Balaban J connectivity index is 2.09. The first-order valence-electron chi connectivity index (χ1n) is 9.05. The van der Waals surface area contributed by atoms with Crippen molar-refractivity contribution >= 4 is 16.1 Å². The highest BCUT2D eigenvalue weighted by Gasteiger charge is 2.48. The number of benzene rings is 2. The van der Waals surface area contributed by atoms with Gasteiger partial charge in [-0.05, 0) is 43.5 Å². The van der Waals surface area contributed by atoms with Crippen LogP contribution in [0.25, 0.3) is 0 Å². The number of esters is 1. The molecule has 0 bridgehead atoms. The molecule has 0 aliphatic rings. The van der Waals surface area contributed by atoms with E-state index < -0.39 is 33.4 Å². The van der Waals surface area contributed by atoms with Crippen molar-refractivity contribution in [3.05, 3.63) is 65.7 Å². The van der Waals surface area contributed by atoms with Crippen LogP contribution in [-0.2, 0) is 32.6 Å². The van der Waals surface area contributed by atoms with E-state index in [0.717, 1.165) is 17.7 Å². The Morgan fingerprint density at radius 3 is 2.13 bits per heavy atom. The highest BCUT2D eigenvalue weighted by atomic mass is 32.2. The van der Waals surface area contributed by atoms with Gasteiger partial charge in [-0.2, -0.15) is 21.6 Å². The largest absolute Gasteiger partial charge is 0.534 e. The molecule has 1 atom stereocenters. The molecule has 0 aliphatic heterocycles. The highest BCUT2D eigenvalue weighted by molar-refractivity contribution is 7.88. The SMILES string of the molecule is CC(C)OC(=O)[C@H](Cc1ccc(OS(=O)(=O)C(F)(F)F)cc1)NCc1ccccc1. The molecular weight excluding hydrogens is 423 g/mol. The maximum atomic E-state index is 12.4. The van der Waals surface area contributed by atoms with Crippen molar-refractivity contribution in [3.63, 3.8) is 0 Å². The predicted octanol–water partition coefficient (Wildman–Crippen LogP) is 3.57. The van der Waals surface area contributed by atoms with E-state index in [2.05, 4.69) is 9.50 Å². The number of hydrogen-bond acceptors (Lipinski definition) is 6. The molecule has 0 unspecified atom stereocenters. The van der Waals surface area contributed by atoms with E-state index in [-0.39, 0.29) is 12.5 Å². The topological polar surface area (TPSA) is 81.7 Å². The quantitative estimate of drug-likeness (QED) is 0.361. The molecule has 0 aliphatic carbocycles. The molecule has 6 nitrogen and oxygen atoms in total. The van der Waals surface area contributed by atoms with Gasteiger partial charge in [-0.3, -0.25) is 4.79 Å². The number of ether oxygens (including phenoxy) is 1. The van der Waals surface area contributed by atoms with Crippen LogP contribution in [-0.4, -0.2) is 32.0 Å². The molecule has 1 N–H and O–H groups in total. The van der Waals surface area contributed by atoms with Crippen LogP contribution in [0.2, 0.25) is 0 Å². The Morgan fingerprint density at radius 1 is 1.00 bits per heavy atom. The van der Waals surface area contributed by atoms with Gasteiger partial charge in [0.15, 0.2) is 0 Å². The summed E-state index contributed by atoms with van der Waals surface area (Å²) in [5, 5.41) is 3.11. The fourth-order valence-electron chi connectivity index (χ4n) is 2.48. The normalized spacial score (nSPS) is 13.1. The van der Waals surface area contributed by atoms with Gasteiger partial charge in [0.1, 0.15) is 11.8 Å². The van der Waals surface area contributed by atoms with E-state index in [9.17, 15) is 26.4 Å². The van der Waals surface area contributed by atoms with Crippen molar-refractivity contribution in [2.45, 2.75) is 44.5 Å². The van der Waals surface area contributed by atoms with Crippen molar-refractivity contribution in [1.29, 1.82) is 0 Å². The fraction of sp³-hybridized carbons (Fsp3) is 0.350. The second kappa shape index (κ2) is 9.94. The monoisotopic (exact) mass is 445 g/mol. The van der Waals surface area contributed by atoms with Gasteiger partial charge in [0.25, 0.3) is 0 Å². The first-order valence-corrected chi connectivity index (χ1v) is 10.5. The summed E-state index contributed by atoms with van der Waals surface area (Å²) in [4.78, 5) is 12.4. The summed E-state index contributed by atoms with van der Waals surface area (Å²) in [5.41, 5.74) is -3.97. The van der Waals surface area contributed by atoms with Crippen molar-refractivity contribution in [2.75, 3.05) is 0 Å². The molecule has 2 aromatic carbocycles. The molecule has 0 saturated carbocycles. The Labute approximate surface area is 173 Å².